The highest BCUT2D eigenvalue weighted by Gasteiger charge is 2.13. The lowest BCUT2D eigenvalue weighted by Crippen LogP contribution is -2.28. The molecule has 0 radical (unpaired) electrons. The van der Waals surface area contributed by atoms with E-state index in [4.69, 9.17) is 0 Å². The Morgan fingerprint density at radius 1 is 1.10 bits per heavy atom. The van der Waals surface area contributed by atoms with E-state index < -0.39 is 0 Å². The number of likely N-dealkylation sites (N-methyl/N-ethyl adjacent to an activating group) is 1. The Morgan fingerprint density at radius 3 is 2.35 bits per heavy atom. The lowest BCUT2D eigenvalue weighted by Gasteiger charge is -2.18. The highest BCUT2D eigenvalue weighted by atomic mass is 19.1. The number of carbonyl (C=O) groups is 1. The van der Waals surface area contributed by atoms with E-state index in [1.165, 1.54) is 11.0 Å². The van der Waals surface area contributed by atoms with Crippen LogP contribution < -0.4 is 0 Å². The van der Waals surface area contributed by atoms with Crippen molar-refractivity contribution in [2.24, 2.45) is 0 Å². The maximum absolute atomic E-state index is 13.5. The van der Waals surface area contributed by atoms with Crippen LogP contribution in [0.3, 0.4) is 0 Å². The van der Waals surface area contributed by atoms with Gasteiger partial charge in [0.15, 0.2) is 0 Å². The van der Waals surface area contributed by atoms with E-state index in [0.717, 1.165) is 0 Å². The molecule has 0 aliphatic rings. The van der Waals surface area contributed by atoms with E-state index in [2.05, 4.69) is 0 Å². The quantitative estimate of drug-likeness (QED) is 0.930. The van der Waals surface area contributed by atoms with Crippen molar-refractivity contribution in [3.63, 3.8) is 0 Å². The van der Waals surface area contributed by atoms with Crippen LogP contribution in [0.5, 0.6) is 5.75 Å². The summed E-state index contributed by atoms with van der Waals surface area (Å²) in [6, 6.07) is 13.1. The molecule has 3 nitrogen and oxygen atoms in total. The van der Waals surface area contributed by atoms with Crippen molar-refractivity contribution in [2.75, 3.05) is 7.05 Å². The summed E-state index contributed by atoms with van der Waals surface area (Å²) >= 11 is 0. The van der Waals surface area contributed by atoms with Gasteiger partial charge >= 0.3 is 0 Å². The van der Waals surface area contributed by atoms with Crippen molar-refractivity contribution >= 4 is 5.91 Å². The van der Waals surface area contributed by atoms with Gasteiger partial charge in [-0.3, -0.25) is 4.79 Å². The zero-order valence-corrected chi connectivity index (χ0v) is 11.2. The first-order chi connectivity index (χ1) is 9.58. The number of phenols is 1. The molecule has 0 atom stereocenters. The zero-order chi connectivity index (χ0) is 14.5. The maximum Gasteiger partial charge on any atom is 0.227 e. The Hall–Kier alpha value is -2.36. The molecule has 0 aliphatic heterocycles. The Kier molecular flexibility index (Phi) is 4.35. The second-order valence-electron chi connectivity index (χ2n) is 4.65. The summed E-state index contributed by atoms with van der Waals surface area (Å²) in [4.78, 5) is 13.5. The molecular formula is C16H16FNO2. The summed E-state index contributed by atoms with van der Waals surface area (Å²) in [6.07, 6.45) is 0.0949. The molecule has 20 heavy (non-hydrogen) atoms. The lowest BCUT2D eigenvalue weighted by atomic mass is 10.1. The molecule has 0 heterocycles. The minimum atomic E-state index is -0.324. The first kappa shape index (κ1) is 14.1. The number of amides is 1. The van der Waals surface area contributed by atoms with Crippen LogP contribution in [-0.4, -0.2) is 23.0 Å². The number of benzene rings is 2. The first-order valence-corrected chi connectivity index (χ1v) is 6.32. The Morgan fingerprint density at radius 2 is 1.70 bits per heavy atom. The third-order valence-corrected chi connectivity index (χ3v) is 3.12. The number of hydrogen-bond donors (Lipinski definition) is 1. The fourth-order valence-corrected chi connectivity index (χ4v) is 1.93. The van der Waals surface area contributed by atoms with E-state index in [1.807, 2.05) is 0 Å². The molecule has 0 saturated carbocycles. The van der Waals surface area contributed by atoms with Crippen molar-refractivity contribution in [1.29, 1.82) is 0 Å². The highest BCUT2D eigenvalue weighted by Crippen LogP contribution is 2.17. The average Bonchev–Trinajstić information content (AvgIpc) is 2.43. The van der Waals surface area contributed by atoms with Crippen molar-refractivity contribution in [3.8, 4) is 5.75 Å². The van der Waals surface area contributed by atoms with E-state index in [0.29, 0.717) is 11.1 Å². The summed E-state index contributed by atoms with van der Waals surface area (Å²) in [5.74, 6) is -0.399. The first-order valence-electron chi connectivity index (χ1n) is 6.32. The molecule has 1 amide bonds. The molecule has 0 spiro atoms. The van der Waals surface area contributed by atoms with Crippen LogP contribution in [0.25, 0.3) is 0 Å². The van der Waals surface area contributed by atoms with E-state index in [-0.39, 0.29) is 30.4 Å². The van der Waals surface area contributed by atoms with Crippen molar-refractivity contribution < 1.29 is 14.3 Å². The molecule has 0 unspecified atom stereocenters. The summed E-state index contributed by atoms with van der Waals surface area (Å²) in [5, 5.41) is 9.64. The standard InChI is InChI=1S/C16H16FNO2/c1-18(11-13-7-2-4-8-14(13)17)16(20)10-12-6-3-5-9-15(12)19/h2-9,19H,10-11H2,1H3. The summed E-state index contributed by atoms with van der Waals surface area (Å²) in [7, 11) is 1.62. The van der Waals surface area contributed by atoms with Crippen molar-refractivity contribution in [2.45, 2.75) is 13.0 Å². The average molecular weight is 273 g/mol. The molecule has 2 aromatic rings. The van der Waals surface area contributed by atoms with Gasteiger partial charge < -0.3 is 10.0 Å². The monoisotopic (exact) mass is 273 g/mol. The summed E-state index contributed by atoms with van der Waals surface area (Å²) in [5.41, 5.74) is 1.04. The lowest BCUT2D eigenvalue weighted by molar-refractivity contribution is -0.129. The molecule has 1 N–H and O–H groups in total. The number of aromatic hydroxyl groups is 1. The third-order valence-electron chi connectivity index (χ3n) is 3.12. The van der Waals surface area contributed by atoms with Crippen LogP contribution in [0.1, 0.15) is 11.1 Å². The molecular weight excluding hydrogens is 257 g/mol. The predicted molar refractivity (Wildman–Crippen MR) is 74.7 cm³/mol. The number of phenolic OH excluding ortho intramolecular Hbond substituents is 1. The van der Waals surface area contributed by atoms with E-state index >= 15 is 0 Å². The van der Waals surface area contributed by atoms with Gasteiger partial charge in [-0.2, -0.15) is 0 Å². The van der Waals surface area contributed by atoms with Gasteiger partial charge in [0.25, 0.3) is 0 Å². The van der Waals surface area contributed by atoms with E-state index in [9.17, 15) is 14.3 Å². The minimum Gasteiger partial charge on any atom is -0.508 e. The fourth-order valence-electron chi connectivity index (χ4n) is 1.93. The normalized spacial score (nSPS) is 10.3. The number of nitrogens with zero attached hydrogens (tertiary/aromatic N) is 1. The van der Waals surface area contributed by atoms with Crippen molar-refractivity contribution in [1.82, 2.24) is 4.90 Å². The smallest absolute Gasteiger partial charge is 0.227 e. The molecule has 2 aromatic carbocycles. The number of hydrogen-bond acceptors (Lipinski definition) is 2. The summed E-state index contributed by atoms with van der Waals surface area (Å²) in [6.45, 7) is 0.207. The Bertz CT molecular complexity index is 613. The molecule has 104 valence electrons. The van der Waals surface area contributed by atoms with Crippen molar-refractivity contribution in [3.05, 3.63) is 65.5 Å². The second kappa shape index (κ2) is 6.19. The second-order valence-corrected chi connectivity index (χ2v) is 4.65. The fraction of sp³-hybridized carbons (Fsp3) is 0.188. The molecule has 4 heteroatoms. The third kappa shape index (κ3) is 3.35. The molecule has 0 bridgehead atoms. The SMILES string of the molecule is CN(Cc1ccccc1F)C(=O)Cc1ccccc1O. The number of para-hydroxylation sites is 1. The summed E-state index contributed by atoms with van der Waals surface area (Å²) < 4.78 is 13.5. The predicted octanol–water partition coefficient (Wildman–Crippen LogP) is 2.73. The van der Waals surface area contributed by atoms with Gasteiger partial charge in [-0.15, -0.1) is 0 Å². The van der Waals surface area contributed by atoms with Crippen LogP contribution in [0.15, 0.2) is 48.5 Å². The Balaban J connectivity index is 2.03. The Labute approximate surface area is 117 Å². The molecule has 0 aliphatic carbocycles. The topological polar surface area (TPSA) is 40.5 Å². The van der Waals surface area contributed by atoms with Crippen LogP contribution in [0, 0.1) is 5.82 Å². The molecule has 2 rings (SSSR count). The van der Waals surface area contributed by atoms with E-state index in [1.54, 1.807) is 49.5 Å². The van der Waals surface area contributed by atoms with Gasteiger partial charge in [0.1, 0.15) is 11.6 Å². The number of carbonyl (C=O) groups excluding carboxylic acids is 1. The number of rotatable bonds is 4. The van der Waals surface area contributed by atoms with Gasteiger partial charge in [-0.25, -0.2) is 4.39 Å². The molecule has 0 fully saturated rings. The van der Waals surface area contributed by atoms with Gasteiger partial charge in [0.2, 0.25) is 5.91 Å². The minimum absolute atomic E-state index is 0.0949. The molecule has 0 aromatic heterocycles. The van der Waals surface area contributed by atoms with Gasteiger partial charge in [-0.1, -0.05) is 36.4 Å². The highest BCUT2D eigenvalue weighted by molar-refractivity contribution is 5.79. The largest absolute Gasteiger partial charge is 0.508 e. The number of halogens is 1. The maximum atomic E-state index is 13.5. The van der Waals surface area contributed by atoms with Crippen LogP contribution >= 0.6 is 0 Å². The van der Waals surface area contributed by atoms with Gasteiger partial charge in [0, 0.05) is 24.7 Å². The van der Waals surface area contributed by atoms with Crippen LogP contribution in [-0.2, 0) is 17.8 Å². The van der Waals surface area contributed by atoms with Crippen LogP contribution in [0.4, 0.5) is 4.39 Å². The molecule has 0 saturated heterocycles. The van der Waals surface area contributed by atoms with Gasteiger partial charge in [-0.05, 0) is 12.1 Å². The van der Waals surface area contributed by atoms with Crippen LogP contribution in [0.2, 0.25) is 0 Å². The zero-order valence-electron chi connectivity index (χ0n) is 11.2. The van der Waals surface area contributed by atoms with Gasteiger partial charge in [0.05, 0.1) is 6.42 Å².